The third-order valence-electron chi connectivity index (χ3n) is 3.83. The third kappa shape index (κ3) is 4.64. The number of aromatic carboxylic acids is 1. The van der Waals surface area contributed by atoms with Crippen molar-refractivity contribution in [2.75, 3.05) is 0 Å². The summed E-state index contributed by atoms with van der Waals surface area (Å²) in [5, 5.41) is 12.6. The number of carbonyl (C=O) groups is 2. The molecule has 1 aromatic carbocycles. The zero-order chi connectivity index (χ0) is 17.7. The van der Waals surface area contributed by atoms with Gasteiger partial charge in [0.15, 0.2) is 0 Å². The SMILES string of the molecule is CCc1ccc(CCC(=O)NC(C)c2nc(C)c(C(=O)O)s2)cc1. The molecule has 128 valence electrons. The second kappa shape index (κ2) is 8.06. The molecule has 0 bridgehead atoms. The summed E-state index contributed by atoms with van der Waals surface area (Å²) in [5.41, 5.74) is 2.90. The van der Waals surface area contributed by atoms with Crippen LogP contribution in [0.1, 0.15) is 57.8 Å². The maximum absolute atomic E-state index is 12.1. The molecule has 0 radical (unpaired) electrons. The second-order valence-corrected chi connectivity index (χ2v) is 6.76. The number of thiazole rings is 1. The van der Waals surface area contributed by atoms with E-state index >= 15 is 0 Å². The molecule has 0 aliphatic rings. The standard InChI is InChI=1S/C18H22N2O3S/c1-4-13-5-7-14(8-6-13)9-10-15(21)19-12(3)17-20-11(2)16(24-17)18(22)23/h5-8,12H,4,9-10H2,1-3H3,(H,19,21)(H,22,23). The number of hydrogen-bond donors (Lipinski definition) is 2. The minimum atomic E-state index is -0.981. The molecule has 1 amide bonds. The number of amides is 1. The van der Waals surface area contributed by atoms with E-state index in [2.05, 4.69) is 41.5 Å². The summed E-state index contributed by atoms with van der Waals surface area (Å²) in [7, 11) is 0. The highest BCUT2D eigenvalue weighted by Gasteiger charge is 2.19. The summed E-state index contributed by atoms with van der Waals surface area (Å²) in [5.74, 6) is -1.04. The average Bonchev–Trinajstić information content (AvgIpc) is 2.95. The van der Waals surface area contributed by atoms with Gasteiger partial charge in [0.1, 0.15) is 9.88 Å². The van der Waals surface area contributed by atoms with Crippen LogP contribution in [0.25, 0.3) is 0 Å². The van der Waals surface area contributed by atoms with Crippen LogP contribution < -0.4 is 5.32 Å². The van der Waals surface area contributed by atoms with Crippen molar-refractivity contribution in [3.05, 3.63) is 51.0 Å². The lowest BCUT2D eigenvalue weighted by molar-refractivity contribution is -0.121. The molecule has 5 nitrogen and oxygen atoms in total. The quantitative estimate of drug-likeness (QED) is 0.804. The van der Waals surface area contributed by atoms with E-state index in [1.807, 2.05) is 6.92 Å². The lowest BCUT2D eigenvalue weighted by Crippen LogP contribution is -2.26. The van der Waals surface area contributed by atoms with E-state index in [4.69, 9.17) is 5.11 Å². The summed E-state index contributed by atoms with van der Waals surface area (Å²) < 4.78 is 0. The first-order chi connectivity index (χ1) is 11.4. The predicted octanol–water partition coefficient (Wildman–Crippen LogP) is 3.52. The molecule has 2 N–H and O–H groups in total. The molecule has 2 aromatic rings. The predicted molar refractivity (Wildman–Crippen MR) is 94.5 cm³/mol. The molecule has 1 heterocycles. The van der Waals surface area contributed by atoms with Crippen LogP contribution in [0.2, 0.25) is 0 Å². The van der Waals surface area contributed by atoms with E-state index in [0.29, 0.717) is 23.5 Å². The van der Waals surface area contributed by atoms with Gasteiger partial charge < -0.3 is 10.4 Å². The van der Waals surface area contributed by atoms with Crippen LogP contribution >= 0.6 is 11.3 Å². The van der Waals surface area contributed by atoms with Gasteiger partial charge in [0.05, 0.1) is 11.7 Å². The Bertz CT molecular complexity index is 722. The molecule has 1 aromatic heterocycles. The molecule has 1 atom stereocenters. The highest BCUT2D eigenvalue weighted by Crippen LogP contribution is 2.23. The largest absolute Gasteiger partial charge is 0.477 e. The highest BCUT2D eigenvalue weighted by atomic mass is 32.1. The van der Waals surface area contributed by atoms with Crippen molar-refractivity contribution in [2.45, 2.75) is 46.1 Å². The van der Waals surface area contributed by atoms with Crippen LogP contribution in [0.15, 0.2) is 24.3 Å². The van der Waals surface area contributed by atoms with Gasteiger partial charge in [-0.05, 0) is 37.8 Å². The van der Waals surface area contributed by atoms with Crippen LogP contribution in [0.4, 0.5) is 0 Å². The van der Waals surface area contributed by atoms with Crippen molar-refractivity contribution in [1.82, 2.24) is 10.3 Å². The fraction of sp³-hybridized carbons (Fsp3) is 0.389. The molecule has 2 rings (SSSR count). The summed E-state index contributed by atoms with van der Waals surface area (Å²) >= 11 is 1.11. The number of hydrogen-bond acceptors (Lipinski definition) is 4. The van der Waals surface area contributed by atoms with Crippen molar-refractivity contribution < 1.29 is 14.7 Å². The maximum Gasteiger partial charge on any atom is 0.347 e. The molecule has 6 heteroatoms. The van der Waals surface area contributed by atoms with Gasteiger partial charge in [-0.15, -0.1) is 11.3 Å². The summed E-state index contributed by atoms with van der Waals surface area (Å²) in [6.07, 6.45) is 2.08. The Morgan fingerprint density at radius 1 is 1.25 bits per heavy atom. The van der Waals surface area contributed by atoms with Crippen LogP contribution in [0.3, 0.4) is 0 Å². The zero-order valence-corrected chi connectivity index (χ0v) is 14.9. The monoisotopic (exact) mass is 346 g/mol. The summed E-state index contributed by atoms with van der Waals surface area (Å²) in [6.45, 7) is 5.59. The first-order valence-electron chi connectivity index (χ1n) is 7.98. The lowest BCUT2D eigenvalue weighted by atomic mass is 10.1. The fourth-order valence-corrected chi connectivity index (χ4v) is 3.28. The molecule has 0 spiro atoms. The minimum Gasteiger partial charge on any atom is -0.477 e. The fourth-order valence-electron chi connectivity index (χ4n) is 2.38. The zero-order valence-electron chi connectivity index (χ0n) is 14.1. The van der Waals surface area contributed by atoms with Gasteiger partial charge in [-0.25, -0.2) is 9.78 Å². The Kier molecular flexibility index (Phi) is 6.09. The number of nitrogens with zero attached hydrogens (tertiary/aromatic N) is 1. The maximum atomic E-state index is 12.1. The van der Waals surface area contributed by atoms with Gasteiger partial charge in [-0.1, -0.05) is 31.2 Å². The van der Waals surface area contributed by atoms with E-state index in [-0.39, 0.29) is 16.8 Å². The number of aromatic nitrogens is 1. The number of aryl methyl sites for hydroxylation is 3. The molecule has 24 heavy (non-hydrogen) atoms. The topological polar surface area (TPSA) is 79.3 Å². The Morgan fingerprint density at radius 3 is 2.42 bits per heavy atom. The average molecular weight is 346 g/mol. The van der Waals surface area contributed by atoms with Crippen molar-refractivity contribution >= 4 is 23.2 Å². The van der Waals surface area contributed by atoms with Crippen LogP contribution in [0.5, 0.6) is 0 Å². The highest BCUT2D eigenvalue weighted by molar-refractivity contribution is 7.13. The Hall–Kier alpha value is -2.21. The smallest absolute Gasteiger partial charge is 0.347 e. The molecule has 0 fully saturated rings. The van der Waals surface area contributed by atoms with Crippen molar-refractivity contribution in [3.8, 4) is 0 Å². The Labute approximate surface area is 145 Å². The first kappa shape index (κ1) is 18.1. The van der Waals surface area contributed by atoms with E-state index in [0.717, 1.165) is 23.3 Å². The van der Waals surface area contributed by atoms with Crippen molar-refractivity contribution in [1.29, 1.82) is 0 Å². The van der Waals surface area contributed by atoms with Crippen LogP contribution in [-0.4, -0.2) is 22.0 Å². The molecular weight excluding hydrogens is 324 g/mol. The van der Waals surface area contributed by atoms with E-state index in [1.54, 1.807) is 6.92 Å². The van der Waals surface area contributed by atoms with Crippen LogP contribution in [0, 0.1) is 6.92 Å². The van der Waals surface area contributed by atoms with E-state index < -0.39 is 5.97 Å². The number of rotatable bonds is 7. The molecule has 0 saturated carbocycles. The van der Waals surface area contributed by atoms with Gasteiger partial charge >= 0.3 is 5.97 Å². The van der Waals surface area contributed by atoms with E-state index in [1.165, 1.54) is 5.56 Å². The van der Waals surface area contributed by atoms with Crippen molar-refractivity contribution in [3.63, 3.8) is 0 Å². The summed E-state index contributed by atoms with van der Waals surface area (Å²) in [4.78, 5) is 27.6. The lowest BCUT2D eigenvalue weighted by Gasteiger charge is -2.11. The minimum absolute atomic E-state index is 0.0632. The van der Waals surface area contributed by atoms with Crippen molar-refractivity contribution in [2.24, 2.45) is 0 Å². The third-order valence-corrected chi connectivity index (χ3v) is 5.16. The van der Waals surface area contributed by atoms with E-state index in [9.17, 15) is 9.59 Å². The van der Waals surface area contributed by atoms with Gasteiger partial charge in [0.2, 0.25) is 5.91 Å². The molecular formula is C18H22N2O3S. The van der Waals surface area contributed by atoms with Gasteiger partial charge in [-0.3, -0.25) is 4.79 Å². The Balaban J connectivity index is 1.89. The summed E-state index contributed by atoms with van der Waals surface area (Å²) in [6, 6.07) is 7.98. The van der Waals surface area contributed by atoms with Gasteiger partial charge in [0.25, 0.3) is 0 Å². The number of benzene rings is 1. The van der Waals surface area contributed by atoms with Gasteiger partial charge in [-0.2, -0.15) is 0 Å². The first-order valence-corrected chi connectivity index (χ1v) is 8.80. The normalized spacial score (nSPS) is 12.0. The molecule has 0 saturated heterocycles. The van der Waals surface area contributed by atoms with Gasteiger partial charge in [0, 0.05) is 6.42 Å². The molecule has 0 aliphatic heterocycles. The number of carbonyl (C=O) groups excluding carboxylic acids is 1. The number of carboxylic acids is 1. The number of carboxylic acid groups (broad SMARTS) is 1. The Morgan fingerprint density at radius 2 is 1.88 bits per heavy atom. The second-order valence-electron chi connectivity index (χ2n) is 5.73. The molecule has 1 unspecified atom stereocenters. The van der Waals surface area contributed by atoms with Crippen LogP contribution in [-0.2, 0) is 17.6 Å². The molecule has 0 aliphatic carbocycles. The number of nitrogens with one attached hydrogen (secondary N) is 1.